The van der Waals surface area contributed by atoms with Crippen LogP contribution in [0.5, 0.6) is 11.5 Å². The van der Waals surface area contributed by atoms with Crippen LogP contribution in [0.2, 0.25) is 0 Å². The van der Waals surface area contributed by atoms with Crippen LogP contribution in [0.25, 0.3) is 0 Å². The van der Waals surface area contributed by atoms with Crippen LogP contribution in [0.1, 0.15) is 18.6 Å². The zero-order chi connectivity index (χ0) is 10.3. The number of phenolic OH excluding ortho intramolecular Hbond substituents is 1. The van der Waals surface area contributed by atoms with E-state index in [9.17, 15) is 15.3 Å². The predicted molar refractivity (Wildman–Crippen MR) is 49.2 cm³/mol. The number of hydrogen-bond donors (Lipinski definition) is 3. The molecular weight excluding hydrogens is 184 g/mol. The summed E-state index contributed by atoms with van der Waals surface area (Å²) in [6.07, 6.45) is -2.56. The second kappa shape index (κ2) is 3.15. The third kappa shape index (κ3) is 1.23. The van der Waals surface area contributed by atoms with Crippen LogP contribution in [0.15, 0.2) is 18.2 Å². The maximum Gasteiger partial charge on any atom is 0.129 e. The van der Waals surface area contributed by atoms with Gasteiger partial charge in [0, 0.05) is 0 Å². The van der Waals surface area contributed by atoms with Gasteiger partial charge in [-0.3, -0.25) is 0 Å². The Balaban J connectivity index is 2.51. The molecule has 3 N–H and O–H groups in total. The second-order valence-electron chi connectivity index (χ2n) is 3.45. The van der Waals surface area contributed by atoms with Crippen molar-refractivity contribution in [3.63, 3.8) is 0 Å². The predicted octanol–water partition coefficient (Wildman–Crippen LogP) is 0.567. The van der Waals surface area contributed by atoms with Crippen LogP contribution < -0.4 is 4.74 Å². The highest BCUT2D eigenvalue weighted by Crippen LogP contribution is 2.40. The molecule has 0 unspecified atom stereocenters. The van der Waals surface area contributed by atoms with Gasteiger partial charge in [0.1, 0.15) is 29.8 Å². The van der Waals surface area contributed by atoms with Crippen molar-refractivity contribution in [2.24, 2.45) is 0 Å². The summed E-state index contributed by atoms with van der Waals surface area (Å²) in [5, 5.41) is 28.7. The number of ether oxygens (including phenoxy) is 1. The summed E-state index contributed by atoms with van der Waals surface area (Å²) in [4.78, 5) is 0. The molecule has 0 aliphatic carbocycles. The van der Waals surface area contributed by atoms with Crippen LogP contribution in [0, 0.1) is 0 Å². The van der Waals surface area contributed by atoms with E-state index in [-0.39, 0.29) is 11.3 Å². The molecule has 3 atom stereocenters. The Morgan fingerprint density at radius 3 is 2.71 bits per heavy atom. The van der Waals surface area contributed by atoms with Gasteiger partial charge < -0.3 is 20.1 Å². The van der Waals surface area contributed by atoms with Crippen molar-refractivity contribution >= 4 is 0 Å². The lowest BCUT2D eigenvalue weighted by Crippen LogP contribution is -2.38. The number of benzene rings is 1. The molecule has 0 spiro atoms. The van der Waals surface area contributed by atoms with Gasteiger partial charge in [0.2, 0.25) is 0 Å². The average molecular weight is 196 g/mol. The fourth-order valence-corrected chi connectivity index (χ4v) is 1.63. The van der Waals surface area contributed by atoms with E-state index in [0.29, 0.717) is 5.75 Å². The van der Waals surface area contributed by atoms with Crippen molar-refractivity contribution in [2.75, 3.05) is 0 Å². The highest BCUT2D eigenvalue weighted by molar-refractivity contribution is 5.47. The van der Waals surface area contributed by atoms with Gasteiger partial charge in [0.05, 0.1) is 5.56 Å². The van der Waals surface area contributed by atoms with Gasteiger partial charge in [-0.25, -0.2) is 0 Å². The Morgan fingerprint density at radius 2 is 2.00 bits per heavy atom. The molecule has 1 aromatic carbocycles. The van der Waals surface area contributed by atoms with Gasteiger partial charge >= 0.3 is 0 Å². The molecule has 0 saturated heterocycles. The summed E-state index contributed by atoms with van der Waals surface area (Å²) >= 11 is 0. The SMILES string of the molecule is C[C@@H]1Oc2cccc(O)c2[C@@H](O)[C@@H]1O. The first kappa shape index (κ1) is 9.30. The minimum absolute atomic E-state index is 0.0547. The zero-order valence-corrected chi connectivity index (χ0v) is 7.71. The molecule has 1 aromatic rings. The minimum Gasteiger partial charge on any atom is -0.507 e. The van der Waals surface area contributed by atoms with Crippen molar-refractivity contribution in [1.82, 2.24) is 0 Å². The van der Waals surface area contributed by atoms with Gasteiger partial charge in [0.15, 0.2) is 0 Å². The first-order chi connectivity index (χ1) is 6.61. The van der Waals surface area contributed by atoms with Crippen molar-refractivity contribution in [3.8, 4) is 11.5 Å². The van der Waals surface area contributed by atoms with E-state index in [4.69, 9.17) is 4.74 Å². The lowest BCUT2D eigenvalue weighted by molar-refractivity contribution is -0.0625. The number of hydrogen-bond acceptors (Lipinski definition) is 4. The molecule has 0 radical (unpaired) electrons. The molecule has 1 aliphatic rings. The molecule has 4 heteroatoms. The van der Waals surface area contributed by atoms with Crippen molar-refractivity contribution in [1.29, 1.82) is 0 Å². The third-order valence-electron chi connectivity index (χ3n) is 2.46. The quantitative estimate of drug-likeness (QED) is 0.567. The smallest absolute Gasteiger partial charge is 0.129 e. The first-order valence-electron chi connectivity index (χ1n) is 4.46. The molecule has 0 saturated carbocycles. The van der Waals surface area contributed by atoms with E-state index in [1.165, 1.54) is 6.07 Å². The Hall–Kier alpha value is -1.26. The summed E-state index contributed by atoms with van der Waals surface area (Å²) in [7, 11) is 0. The van der Waals surface area contributed by atoms with E-state index < -0.39 is 18.3 Å². The molecule has 0 aromatic heterocycles. The Bertz CT molecular complexity index is 350. The van der Waals surface area contributed by atoms with E-state index in [1.807, 2.05) is 0 Å². The van der Waals surface area contributed by atoms with Gasteiger partial charge in [-0.15, -0.1) is 0 Å². The normalized spacial score (nSPS) is 30.6. The highest BCUT2D eigenvalue weighted by atomic mass is 16.5. The molecular formula is C10H12O4. The Morgan fingerprint density at radius 1 is 1.29 bits per heavy atom. The largest absolute Gasteiger partial charge is 0.507 e. The van der Waals surface area contributed by atoms with Crippen LogP contribution in [0.4, 0.5) is 0 Å². The average Bonchev–Trinajstić information content (AvgIpc) is 2.14. The maximum absolute atomic E-state index is 9.69. The highest BCUT2D eigenvalue weighted by Gasteiger charge is 2.35. The third-order valence-corrected chi connectivity index (χ3v) is 2.46. The lowest BCUT2D eigenvalue weighted by atomic mass is 9.96. The number of fused-ring (bicyclic) bond motifs is 1. The molecule has 14 heavy (non-hydrogen) atoms. The number of rotatable bonds is 0. The number of phenols is 1. The van der Waals surface area contributed by atoms with Crippen LogP contribution in [-0.2, 0) is 0 Å². The van der Waals surface area contributed by atoms with E-state index in [0.717, 1.165) is 0 Å². The van der Waals surface area contributed by atoms with E-state index in [2.05, 4.69) is 0 Å². The molecule has 0 bridgehead atoms. The summed E-state index contributed by atoms with van der Waals surface area (Å²) in [5.41, 5.74) is 0.262. The molecule has 4 nitrogen and oxygen atoms in total. The van der Waals surface area contributed by atoms with Crippen LogP contribution in [-0.4, -0.2) is 27.5 Å². The van der Waals surface area contributed by atoms with Crippen LogP contribution >= 0.6 is 0 Å². The van der Waals surface area contributed by atoms with Gasteiger partial charge in [-0.1, -0.05) is 6.07 Å². The molecule has 1 heterocycles. The minimum atomic E-state index is -1.09. The van der Waals surface area contributed by atoms with E-state index >= 15 is 0 Å². The number of aliphatic hydroxyl groups is 2. The topological polar surface area (TPSA) is 69.9 Å². The fourth-order valence-electron chi connectivity index (χ4n) is 1.63. The molecule has 2 rings (SSSR count). The van der Waals surface area contributed by atoms with Gasteiger partial charge in [0.25, 0.3) is 0 Å². The standard InChI is InChI=1S/C10H12O4/c1-5-9(12)10(13)8-6(11)3-2-4-7(8)14-5/h2-5,9-13H,1H3/t5-,9+,10+/m0/s1. The van der Waals surface area contributed by atoms with Crippen molar-refractivity contribution in [2.45, 2.75) is 25.2 Å². The summed E-state index contributed by atoms with van der Waals surface area (Å²) in [5.74, 6) is 0.372. The summed E-state index contributed by atoms with van der Waals surface area (Å²) in [6.45, 7) is 1.67. The maximum atomic E-state index is 9.69. The van der Waals surface area contributed by atoms with Crippen molar-refractivity contribution in [3.05, 3.63) is 23.8 Å². The second-order valence-corrected chi connectivity index (χ2v) is 3.45. The monoisotopic (exact) mass is 196 g/mol. The zero-order valence-electron chi connectivity index (χ0n) is 7.71. The lowest BCUT2D eigenvalue weighted by Gasteiger charge is -2.32. The molecule has 0 amide bonds. The van der Waals surface area contributed by atoms with Gasteiger partial charge in [-0.05, 0) is 19.1 Å². The summed E-state index contributed by atoms with van der Waals surface area (Å²) in [6, 6.07) is 4.74. The first-order valence-corrected chi connectivity index (χ1v) is 4.46. The van der Waals surface area contributed by atoms with Crippen molar-refractivity contribution < 1.29 is 20.1 Å². The Kier molecular flexibility index (Phi) is 2.09. The fraction of sp³-hybridized carbons (Fsp3) is 0.400. The summed E-state index contributed by atoms with van der Waals surface area (Å²) < 4.78 is 5.33. The molecule has 0 fully saturated rings. The van der Waals surface area contributed by atoms with Gasteiger partial charge in [-0.2, -0.15) is 0 Å². The van der Waals surface area contributed by atoms with E-state index in [1.54, 1.807) is 19.1 Å². The number of aromatic hydroxyl groups is 1. The van der Waals surface area contributed by atoms with Crippen LogP contribution in [0.3, 0.4) is 0 Å². The Labute approximate surface area is 81.4 Å². The molecule has 1 aliphatic heterocycles. The molecule has 76 valence electrons. The number of aliphatic hydroxyl groups excluding tert-OH is 2.